The highest BCUT2D eigenvalue weighted by Crippen LogP contribution is 2.16. The van der Waals surface area contributed by atoms with E-state index in [-0.39, 0.29) is 10.8 Å². The van der Waals surface area contributed by atoms with Crippen molar-refractivity contribution in [3.63, 3.8) is 0 Å². The number of hydrogen-bond acceptors (Lipinski definition) is 4. The van der Waals surface area contributed by atoms with Crippen LogP contribution in [0, 0.1) is 0 Å². The molecule has 2 rings (SSSR count). The number of carbonyl (C=O) groups is 1. The predicted molar refractivity (Wildman–Crippen MR) is 74.0 cm³/mol. The third kappa shape index (κ3) is 3.49. The molecule has 0 unspecified atom stereocenters. The number of carbonyl (C=O) groups excluding carboxylic acids is 1. The maximum absolute atomic E-state index is 12.2. The van der Waals surface area contributed by atoms with Crippen molar-refractivity contribution in [2.45, 2.75) is 30.2 Å². The summed E-state index contributed by atoms with van der Waals surface area (Å²) in [5, 5.41) is 2.70. The van der Waals surface area contributed by atoms with Crippen molar-refractivity contribution in [3.8, 4) is 5.75 Å². The topological polar surface area (TPSA) is 84.5 Å². The van der Waals surface area contributed by atoms with E-state index < -0.39 is 16.1 Å². The number of methoxy groups -OCH3 is 1. The van der Waals surface area contributed by atoms with E-state index in [0.717, 1.165) is 12.8 Å². The Kier molecular flexibility index (Phi) is 4.61. The Morgan fingerprint density at radius 3 is 2.60 bits per heavy atom. The Labute approximate surface area is 118 Å². The van der Waals surface area contributed by atoms with E-state index in [2.05, 4.69) is 10.0 Å². The molecule has 1 aromatic carbocycles. The molecule has 0 bridgehead atoms. The zero-order valence-corrected chi connectivity index (χ0v) is 12.1. The minimum absolute atomic E-state index is 0.121. The second-order valence-electron chi connectivity index (χ2n) is 4.64. The number of ether oxygens (including phenoxy) is 1. The minimum atomic E-state index is -3.70. The lowest BCUT2D eigenvalue weighted by atomic mass is 10.1. The quantitative estimate of drug-likeness (QED) is 0.854. The third-order valence-electron chi connectivity index (χ3n) is 3.20. The molecule has 0 saturated carbocycles. The molecule has 1 atom stereocenters. The van der Waals surface area contributed by atoms with Gasteiger partial charge in [0.15, 0.2) is 0 Å². The second kappa shape index (κ2) is 6.23. The van der Waals surface area contributed by atoms with Crippen LogP contribution in [0.3, 0.4) is 0 Å². The fourth-order valence-electron chi connectivity index (χ4n) is 2.06. The summed E-state index contributed by atoms with van der Waals surface area (Å²) in [5.41, 5.74) is 0. The van der Waals surface area contributed by atoms with Crippen LogP contribution in [0.25, 0.3) is 0 Å². The number of benzene rings is 1. The predicted octanol–water partition coefficient (Wildman–Crippen LogP) is 0.642. The van der Waals surface area contributed by atoms with Gasteiger partial charge in [-0.2, -0.15) is 4.72 Å². The number of nitrogens with one attached hydrogen (secondary N) is 2. The van der Waals surface area contributed by atoms with Crippen LogP contribution in [0.4, 0.5) is 0 Å². The molecule has 7 heteroatoms. The average molecular weight is 298 g/mol. The molecule has 6 nitrogen and oxygen atoms in total. The first-order valence-corrected chi connectivity index (χ1v) is 7.95. The first-order chi connectivity index (χ1) is 9.53. The lowest BCUT2D eigenvalue weighted by Crippen LogP contribution is -2.45. The van der Waals surface area contributed by atoms with Crippen molar-refractivity contribution in [1.29, 1.82) is 0 Å². The minimum Gasteiger partial charge on any atom is -0.497 e. The van der Waals surface area contributed by atoms with Gasteiger partial charge in [-0.1, -0.05) is 0 Å². The second-order valence-corrected chi connectivity index (χ2v) is 6.35. The van der Waals surface area contributed by atoms with E-state index in [9.17, 15) is 13.2 Å². The van der Waals surface area contributed by atoms with Crippen molar-refractivity contribution < 1.29 is 17.9 Å². The van der Waals surface area contributed by atoms with Crippen molar-refractivity contribution in [3.05, 3.63) is 24.3 Å². The van der Waals surface area contributed by atoms with Crippen LogP contribution < -0.4 is 14.8 Å². The fourth-order valence-corrected chi connectivity index (χ4v) is 3.29. The van der Waals surface area contributed by atoms with Gasteiger partial charge >= 0.3 is 0 Å². The van der Waals surface area contributed by atoms with E-state index in [1.165, 1.54) is 19.2 Å². The Morgan fingerprint density at radius 2 is 1.95 bits per heavy atom. The molecule has 1 aromatic rings. The largest absolute Gasteiger partial charge is 0.497 e. The molecule has 1 fully saturated rings. The zero-order chi connectivity index (χ0) is 14.6. The van der Waals surface area contributed by atoms with Crippen molar-refractivity contribution >= 4 is 15.9 Å². The fraction of sp³-hybridized carbons (Fsp3) is 0.462. The van der Waals surface area contributed by atoms with Crippen LogP contribution in [-0.4, -0.2) is 34.0 Å². The molecular formula is C13H18N2O4S. The molecule has 0 aliphatic carbocycles. The first-order valence-electron chi connectivity index (χ1n) is 6.47. The molecule has 1 aliphatic rings. The maximum Gasteiger partial charge on any atom is 0.241 e. The molecule has 1 heterocycles. The summed E-state index contributed by atoms with van der Waals surface area (Å²) < 4.78 is 31.9. The Morgan fingerprint density at radius 1 is 1.25 bits per heavy atom. The summed E-state index contributed by atoms with van der Waals surface area (Å²) in [4.78, 5) is 11.9. The van der Waals surface area contributed by atoms with E-state index in [1.807, 2.05) is 0 Å². The summed E-state index contributed by atoms with van der Waals surface area (Å²) in [5.74, 6) is 0.316. The van der Waals surface area contributed by atoms with E-state index in [1.54, 1.807) is 12.1 Å². The highest BCUT2D eigenvalue weighted by atomic mass is 32.2. The SMILES string of the molecule is COc1ccc(S(=O)(=O)N[C@@H]2CCCCNC2=O)cc1. The van der Waals surface area contributed by atoms with E-state index >= 15 is 0 Å². The standard InChI is InChI=1S/C13H18N2O4S/c1-19-10-5-7-11(8-6-10)20(17,18)15-12-4-2-3-9-14-13(12)16/h5-8,12,15H,2-4,9H2,1H3,(H,14,16)/t12-/m1/s1. The van der Waals surface area contributed by atoms with Crippen molar-refractivity contribution in [2.24, 2.45) is 0 Å². The lowest BCUT2D eigenvalue weighted by Gasteiger charge is -2.15. The van der Waals surface area contributed by atoms with Gasteiger partial charge in [0, 0.05) is 6.54 Å². The lowest BCUT2D eigenvalue weighted by molar-refractivity contribution is -0.122. The number of sulfonamides is 1. The summed E-state index contributed by atoms with van der Waals surface area (Å²) >= 11 is 0. The summed E-state index contributed by atoms with van der Waals surface area (Å²) in [7, 11) is -2.19. The molecule has 110 valence electrons. The van der Waals surface area contributed by atoms with Crippen molar-refractivity contribution in [1.82, 2.24) is 10.0 Å². The Hall–Kier alpha value is -1.60. The molecule has 0 aromatic heterocycles. The molecule has 20 heavy (non-hydrogen) atoms. The molecule has 1 aliphatic heterocycles. The summed E-state index contributed by atoms with van der Waals surface area (Å²) in [6.07, 6.45) is 2.20. The van der Waals surface area contributed by atoms with Crippen LogP contribution in [-0.2, 0) is 14.8 Å². The van der Waals surface area contributed by atoms with Gasteiger partial charge in [-0.05, 0) is 43.5 Å². The van der Waals surface area contributed by atoms with Crippen LogP contribution in [0.1, 0.15) is 19.3 Å². The normalized spacial score (nSPS) is 20.1. The number of amides is 1. The van der Waals surface area contributed by atoms with Gasteiger partial charge in [0.2, 0.25) is 15.9 Å². The molecule has 0 radical (unpaired) electrons. The van der Waals surface area contributed by atoms with E-state index in [4.69, 9.17) is 4.74 Å². The van der Waals surface area contributed by atoms with Crippen LogP contribution >= 0.6 is 0 Å². The molecular weight excluding hydrogens is 280 g/mol. The van der Waals surface area contributed by atoms with Gasteiger partial charge in [0.25, 0.3) is 0 Å². The van der Waals surface area contributed by atoms with Crippen LogP contribution in [0.2, 0.25) is 0 Å². The maximum atomic E-state index is 12.2. The molecule has 0 spiro atoms. The van der Waals surface area contributed by atoms with Crippen molar-refractivity contribution in [2.75, 3.05) is 13.7 Å². The van der Waals surface area contributed by atoms with Gasteiger partial charge in [-0.3, -0.25) is 4.79 Å². The van der Waals surface area contributed by atoms with Gasteiger partial charge in [-0.25, -0.2) is 8.42 Å². The third-order valence-corrected chi connectivity index (χ3v) is 4.69. The van der Waals surface area contributed by atoms with Crippen LogP contribution in [0.15, 0.2) is 29.2 Å². The smallest absolute Gasteiger partial charge is 0.241 e. The highest BCUT2D eigenvalue weighted by Gasteiger charge is 2.26. The monoisotopic (exact) mass is 298 g/mol. The van der Waals surface area contributed by atoms with Crippen LogP contribution in [0.5, 0.6) is 5.75 Å². The Balaban J connectivity index is 2.14. The number of rotatable bonds is 4. The molecule has 1 saturated heterocycles. The van der Waals surface area contributed by atoms with E-state index in [0.29, 0.717) is 18.7 Å². The van der Waals surface area contributed by atoms with Gasteiger partial charge in [-0.15, -0.1) is 0 Å². The highest BCUT2D eigenvalue weighted by molar-refractivity contribution is 7.89. The molecule has 1 amide bonds. The first kappa shape index (κ1) is 14.8. The summed E-state index contributed by atoms with van der Waals surface area (Å²) in [6, 6.07) is 5.35. The number of hydrogen-bond donors (Lipinski definition) is 2. The summed E-state index contributed by atoms with van der Waals surface area (Å²) in [6.45, 7) is 0.597. The average Bonchev–Trinajstić information content (AvgIpc) is 2.64. The van der Waals surface area contributed by atoms with Gasteiger partial charge in [0.1, 0.15) is 11.8 Å². The Bertz CT molecular complexity index is 569. The van der Waals surface area contributed by atoms with Gasteiger partial charge in [0.05, 0.1) is 12.0 Å². The zero-order valence-electron chi connectivity index (χ0n) is 11.3. The molecule has 2 N–H and O–H groups in total. The van der Waals surface area contributed by atoms with Gasteiger partial charge < -0.3 is 10.1 Å².